The third kappa shape index (κ3) is 19.5. The van der Waals surface area contributed by atoms with Crippen molar-refractivity contribution in [3.8, 4) is 0 Å². The maximum atomic E-state index is 13.9. The van der Waals surface area contributed by atoms with Crippen LogP contribution in [0.4, 0.5) is 17.6 Å². The summed E-state index contributed by atoms with van der Waals surface area (Å²) >= 11 is 0. The largest absolute Gasteiger partial charge is 4.00 e. The molecule has 0 spiro atoms. The summed E-state index contributed by atoms with van der Waals surface area (Å²) in [5, 5.41) is 0. The molecule has 2 aliphatic rings. The topological polar surface area (TPSA) is 40.6 Å². The summed E-state index contributed by atoms with van der Waals surface area (Å²) in [5.74, 6) is -2.46. The van der Waals surface area contributed by atoms with Gasteiger partial charge in [-0.2, -0.15) is 48.5 Å². The number of aryl methyl sites for hydroxylation is 2. The van der Waals surface area contributed by atoms with Gasteiger partial charge in [-0.05, 0) is 49.7 Å². The molecule has 9 heteroatoms. The Balaban J connectivity index is 0.000000230. The van der Waals surface area contributed by atoms with Gasteiger partial charge in [-0.15, -0.1) is 35.4 Å². The number of hydrogen-bond donors (Lipinski definition) is 0. The molecule has 6 aromatic rings. The second kappa shape index (κ2) is 30.2. The number of hydrogen-bond acceptors (Lipinski definition) is 2. The van der Waals surface area contributed by atoms with E-state index in [1.807, 2.05) is 131 Å². The van der Waals surface area contributed by atoms with E-state index in [1.165, 1.54) is 37.1 Å². The Morgan fingerprint density at radius 2 is 0.831 bits per heavy atom. The van der Waals surface area contributed by atoms with E-state index in [9.17, 15) is 27.2 Å². The molecule has 2 saturated carbocycles. The molecule has 0 unspecified atom stereocenters. The molecule has 0 aliphatic heterocycles. The Morgan fingerprint density at radius 3 is 1.14 bits per heavy atom. The van der Waals surface area contributed by atoms with Crippen LogP contribution >= 0.6 is 0 Å². The third-order valence-corrected chi connectivity index (χ3v) is 11.9. The first-order chi connectivity index (χ1) is 31.3. The first-order valence-electron chi connectivity index (χ1n) is 23.0. The number of benzene rings is 4. The van der Waals surface area contributed by atoms with Crippen LogP contribution in [0.25, 0.3) is 0 Å². The molecule has 0 aromatic heterocycles. The van der Waals surface area contributed by atoms with Crippen molar-refractivity contribution in [2.75, 3.05) is 13.1 Å². The van der Waals surface area contributed by atoms with E-state index in [0.29, 0.717) is 62.7 Å². The fourth-order valence-corrected chi connectivity index (χ4v) is 8.34. The minimum atomic E-state index is -0.695. The van der Waals surface area contributed by atoms with Gasteiger partial charge in [-0.25, -0.2) is 41.8 Å². The van der Waals surface area contributed by atoms with Crippen LogP contribution in [0, 0.1) is 35.4 Å². The minimum absolute atomic E-state index is 0. The number of halogens is 4. The van der Waals surface area contributed by atoms with Crippen LogP contribution in [-0.2, 0) is 57.0 Å². The zero-order valence-corrected chi connectivity index (χ0v) is 39.0. The van der Waals surface area contributed by atoms with Crippen LogP contribution < -0.4 is 0 Å². The molecule has 2 fully saturated rings. The molecular formula is C56H62F4N2O2Ti. The van der Waals surface area contributed by atoms with Crippen molar-refractivity contribution in [1.29, 1.82) is 0 Å². The number of carbonyl (C=O) groups excluding carboxylic acids is 2. The molecule has 8 rings (SSSR count). The smallest absolute Gasteiger partial charge is 0.340 e. The standard InChI is InChI=1S/2C23H26F2NO.2C5H5.Ti/c2*24-20-13-12-19(22(25)17-20)15-16-26(21-9-5-2-6-10-21)23(27)14-11-18-7-3-1-4-8-18;2*1-2-4-5-3-1;/h2*1,3-4,7-8,12-13,21H,2,5-6,9-11,14-16H2;2*1-5H;/q4*-1;+4. The fraction of sp³-hybridized carbons (Fsp3) is 0.357. The summed E-state index contributed by atoms with van der Waals surface area (Å²) in [6.07, 6.45) is 14.1. The molecule has 65 heavy (non-hydrogen) atoms. The van der Waals surface area contributed by atoms with Gasteiger partial charge in [0.15, 0.2) is 0 Å². The van der Waals surface area contributed by atoms with Crippen LogP contribution in [0.5, 0.6) is 0 Å². The average molecular weight is 919 g/mol. The number of amides is 2. The molecule has 4 nitrogen and oxygen atoms in total. The van der Waals surface area contributed by atoms with Gasteiger partial charge in [0.25, 0.3) is 0 Å². The molecule has 0 saturated heterocycles. The third-order valence-electron chi connectivity index (χ3n) is 11.9. The van der Waals surface area contributed by atoms with E-state index in [4.69, 9.17) is 0 Å². The minimum Gasteiger partial charge on any atom is -0.340 e. The van der Waals surface area contributed by atoms with E-state index in [2.05, 4.69) is 12.1 Å². The molecule has 340 valence electrons. The zero-order chi connectivity index (χ0) is 45.2. The summed E-state index contributed by atoms with van der Waals surface area (Å²) in [6.45, 7) is 0.934. The first-order valence-corrected chi connectivity index (χ1v) is 23.0. The predicted molar refractivity (Wildman–Crippen MR) is 249 cm³/mol. The SMILES string of the molecule is O=C(CCc1ccccc1)N(CCc1ccc(F)[c-]c1F)C1CCCCC1.O=C(CCc1ccccc1)N(CCc1ccc(F)[c-]c1F)C1CCCCC1.[Ti+4].c1cc[cH-]c1.c1cc[cH-]c1. The van der Waals surface area contributed by atoms with E-state index >= 15 is 0 Å². The van der Waals surface area contributed by atoms with Crippen molar-refractivity contribution in [3.63, 3.8) is 0 Å². The van der Waals surface area contributed by atoms with Crippen LogP contribution in [0.15, 0.2) is 146 Å². The maximum absolute atomic E-state index is 13.9. The summed E-state index contributed by atoms with van der Waals surface area (Å²) < 4.78 is 54.0. The quantitative estimate of drug-likeness (QED) is 0.0620. The first kappa shape index (κ1) is 52.6. The maximum Gasteiger partial charge on any atom is 4.00 e. The fourth-order valence-electron chi connectivity index (χ4n) is 8.34. The molecule has 2 aliphatic carbocycles. The molecule has 0 N–H and O–H groups in total. The van der Waals surface area contributed by atoms with Gasteiger partial charge in [0.05, 0.1) is 0 Å². The van der Waals surface area contributed by atoms with E-state index < -0.39 is 23.3 Å². The van der Waals surface area contributed by atoms with Gasteiger partial charge in [-0.3, -0.25) is 9.59 Å². The Hall–Kier alpha value is -5.05. The second-order valence-electron chi connectivity index (χ2n) is 16.4. The van der Waals surface area contributed by atoms with E-state index in [1.54, 1.807) is 0 Å². The van der Waals surface area contributed by atoms with Gasteiger partial charge in [0.2, 0.25) is 11.8 Å². The molecule has 0 heterocycles. The van der Waals surface area contributed by atoms with Gasteiger partial charge in [0, 0.05) is 61.3 Å². The summed E-state index contributed by atoms with van der Waals surface area (Å²) in [4.78, 5) is 29.8. The van der Waals surface area contributed by atoms with Crippen LogP contribution in [0.3, 0.4) is 0 Å². The Kier molecular flexibility index (Phi) is 24.4. The van der Waals surface area contributed by atoms with E-state index in [-0.39, 0.29) is 45.6 Å². The van der Waals surface area contributed by atoms with Crippen molar-refractivity contribution in [3.05, 3.63) is 203 Å². The molecule has 0 atom stereocenters. The molecule has 0 bridgehead atoms. The van der Waals surface area contributed by atoms with Gasteiger partial charge < -0.3 is 9.80 Å². The summed E-state index contributed by atoms with van der Waals surface area (Å²) in [7, 11) is 0. The molecule has 6 aromatic carbocycles. The Labute approximate surface area is 399 Å². The van der Waals surface area contributed by atoms with Crippen molar-refractivity contribution in [2.24, 2.45) is 0 Å². The van der Waals surface area contributed by atoms with Crippen LogP contribution in [0.1, 0.15) is 99.3 Å². The van der Waals surface area contributed by atoms with E-state index in [0.717, 1.165) is 62.5 Å². The van der Waals surface area contributed by atoms with Crippen molar-refractivity contribution in [2.45, 2.75) is 115 Å². The zero-order valence-electron chi connectivity index (χ0n) is 37.5. The van der Waals surface area contributed by atoms with Gasteiger partial charge >= 0.3 is 21.7 Å². The van der Waals surface area contributed by atoms with Crippen LogP contribution in [0.2, 0.25) is 0 Å². The molecular weight excluding hydrogens is 856 g/mol. The van der Waals surface area contributed by atoms with Crippen molar-refractivity contribution in [1.82, 2.24) is 9.80 Å². The summed E-state index contributed by atoms with van der Waals surface area (Å²) in [6, 6.07) is 49.9. The van der Waals surface area contributed by atoms with Gasteiger partial charge in [0.1, 0.15) is 0 Å². The number of carbonyl (C=O) groups is 2. The number of nitrogens with zero attached hydrogens (tertiary/aromatic N) is 2. The summed E-state index contributed by atoms with van der Waals surface area (Å²) in [5.41, 5.74) is 3.11. The Morgan fingerprint density at radius 1 is 0.477 bits per heavy atom. The molecule has 0 radical (unpaired) electrons. The molecule has 2 amide bonds. The number of rotatable bonds is 14. The predicted octanol–water partition coefficient (Wildman–Crippen LogP) is 13.0. The normalized spacial score (nSPS) is 13.6. The Bertz CT molecular complexity index is 1960. The average Bonchev–Trinajstić information content (AvgIpc) is 4.12. The van der Waals surface area contributed by atoms with Crippen molar-refractivity contribution >= 4 is 11.8 Å². The van der Waals surface area contributed by atoms with Crippen LogP contribution in [-0.4, -0.2) is 46.8 Å². The monoisotopic (exact) mass is 918 g/mol. The van der Waals surface area contributed by atoms with Crippen molar-refractivity contribution < 1.29 is 48.9 Å². The van der Waals surface area contributed by atoms with Gasteiger partial charge in [-0.1, -0.05) is 112 Å². The second-order valence-corrected chi connectivity index (χ2v) is 16.4.